The molecule has 3 fully saturated rings. The Bertz CT molecular complexity index is 965. The van der Waals surface area contributed by atoms with Crippen LogP contribution in [0.1, 0.15) is 12.8 Å². The Morgan fingerprint density at radius 3 is 2.52 bits per heavy atom. The van der Waals surface area contributed by atoms with E-state index in [1.165, 1.54) is 36.4 Å². The molecule has 0 saturated carbocycles. The van der Waals surface area contributed by atoms with Gasteiger partial charge in [0.05, 0.1) is 30.8 Å². The van der Waals surface area contributed by atoms with Crippen molar-refractivity contribution in [1.82, 2.24) is 0 Å². The van der Waals surface area contributed by atoms with Crippen LogP contribution in [0.3, 0.4) is 0 Å². The number of amides is 1. The van der Waals surface area contributed by atoms with Gasteiger partial charge in [-0.15, -0.1) is 0 Å². The molecule has 0 spiro atoms. The molecule has 1 N–H and O–H groups in total. The molecule has 2 aromatic carbocycles. The molecule has 31 heavy (non-hydrogen) atoms. The average Bonchev–Trinajstić information content (AvgIpc) is 2.72. The maximum Gasteiger partial charge on any atom is 0.412 e. The quantitative estimate of drug-likeness (QED) is 0.571. The van der Waals surface area contributed by atoms with Gasteiger partial charge >= 0.3 is 6.09 Å². The summed E-state index contributed by atoms with van der Waals surface area (Å²) in [6.45, 7) is 2.57. The van der Waals surface area contributed by atoms with Crippen LogP contribution in [0.4, 0.5) is 19.3 Å². The van der Waals surface area contributed by atoms with Crippen LogP contribution >= 0.6 is 11.6 Å². The van der Waals surface area contributed by atoms with Crippen LogP contribution in [0.15, 0.2) is 36.4 Å². The fraction of sp³-hybridized carbons (Fsp3) is 0.364. The minimum Gasteiger partial charge on any atom is -0.554 e. The summed E-state index contributed by atoms with van der Waals surface area (Å²) in [5, 5.41) is 10.9. The van der Waals surface area contributed by atoms with E-state index in [0.717, 1.165) is 37.0 Å². The van der Waals surface area contributed by atoms with Gasteiger partial charge in [-0.3, -0.25) is 5.32 Å². The van der Waals surface area contributed by atoms with Gasteiger partial charge in [0.25, 0.3) is 0 Å². The number of nitrogens with one attached hydrogen (secondary N) is 1. The predicted octanol–water partition coefficient (Wildman–Crippen LogP) is 3.44. The number of ether oxygens (including phenoxy) is 1. The van der Waals surface area contributed by atoms with Crippen molar-refractivity contribution < 1.29 is 32.7 Å². The zero-order valence-electron chi connectivity index (χ0n) is 16.9. The van der Waals surface area contributed by atoms with Crippen LogP contribution in [0.2, 0.25) is 5.02 Å². The standard InChI is InChI=1S/C21H21ClF2N2O2.CH2O2/c1-26-8-6-13(7-9-26)20(12-26)28-21(27)25-19-5-3-15(23)11-16(19)14-2-4-18(24)17(22)10-14;2-1-3/h2-5,10-11,13,20H,6-9,12H2,1H3;1H,(H,2,3). The van der Waals surface area contributed by atoms with E-state index in [4.69, 9.17) is 26.2 Å². The monoisotopic (exact) mass is 452 g/mol. The number of piperidine rings is 3. The highest BCUT2D eigenvalue weighted by Crippen LogP contribution is 2.35. The molecule has 3 saturated heterocycles. The third kappa shape index (κ3) is 5.51. The lowest BCUT2D eigenvalue weighted by atomic mass is 9.84. The Kier molecular flexibility index (Phi) is 7.12. The van der Waals surface area contributed by atoms with Crippen molar-refractivity contribution >= 4 is 29.9 Å². The van der Waals surface area contributed by atoms with Crippen molar-refractivity contribution in [2.24, 2.45) is 5.92 Å². The molecular weight excluding hydrogens is 430 g/mol. The number of fused-ring (bicyclic) bond motifs is 3. The Hall–Kier alpha value is -2.71. The van der Waals surface area contributed by atoms with Crippen LogP contribution in [0.25, 0.3) is 11.1 Å². The molecule has 2 aromatic rings. The normalized spacial score (nSPS) is 24.0. The molecule has 5 rings (SSSR count). The summed E-state index contributed by atoms with van der Waals surface area (Å²) in [7, 11) is 2.19. The second-order valence-corrected chi connectivity index (χ2v) is 8.48. The number of benzene rings is 2. The van der Waals surface area contributed by atoms with Crippen molar-refractivity contribution in [3.63, 3.8) is 0 Å². The lowest BCUT2D eigenvalue weighted by Gasteiger charge is -2.49. The van der Waals surface area contributed by atoms with E-state index in [9.17, 15) is 13.6 Å². The first-order valence-corrected chi connectivity index (χ1v) is 10.2. The highest BCUT2D eigenvalue weighted by molar-refractivity contribution is 6.31. The molecule has 0 aromatic heterocycles. The zero-order valence-corrected chi connectivity index (χ0v) is 17.7. The Balaban J connectivity index is 0.000000858. The topological polar surface area (TPSA) is 78.5 Å². The third-order valence-electron chi connectivity index (χ3n) is 5.93. The highest BCUT2D eigenvalue weighted by atomic mass is 35.5. The van der Waals surface area contributed by atoms with Crippen molar-refractivity contribution in [3.8, 4) is 11.1 Å². The van der Waals surface area contributed by atoms with Gasteiger partial charge in [-0.1, -0.05) is 17.7 Å². The summed E-state index contributed by atoms with van der Waals surface area (Å²) in [6, 6.07) is 8.10. The van der Waals surface area contributed by atoms with Crippen LogP contribution in [-0.2, 0) is 9.53 Å². The first kappa shape index (κ1) is 23.0. The van der Waals surface area contributed by atoms with Crippen LogP contribution in [0.5, 0.6) is 0 Å². The Morgan fingerprint density at radius 1 is 1.23 bits per heavy atom. The first-order valence-electron chi connectivity index (χ1n) is 9.86. The number of hydrogen-bond donors (Lipinski definition) is 1. The number of likely N-dealkylation sites (N-methyl/N-ethyl adjacent to an activating group) is 1. The van der Waals surface area contributed by atoms with Crippen molar-refractivity contribution in [3.05, 3.63) is 53.1 Å². The Morgan fingerprint density at radius 2 is 1.90 bits per heavy atom. The van der Waals surface area contributed by atoms with E-state index >= 15 is 0 Å². The second-order valence-electron chi connectivity index (χ2n) is 8.07. The van der Waals surface area contributed by atoms with Gasteiger partial charge in [-0.2, -0.15) is 0 Å². The molecule has 1 unspecified atom stereocenters. The molecule has 1 atom stereocenters. The number of hydrogen-bond acceptors (Lipinski definition) is 4. The summed E-state index contributed by atoms with van der Waals surface area (Å²) in [6.07, 6.45) is 1.44. The summed E-state index contributed by atoms with van der Waals surface area (Å²) in [5.74, 6) is -0.631. The third-order valence-corrected chi connectivity index (χ3v) is 6.22. The first-order chi connectivity index (χ1) is 14.7. The lowest BCUT2D eigenvalue weighted by Crippen LogP contribution is -2.62. The number of carbonyl (C=O) groups is 2. The molecule has 0 aliphatic carbocycles. The maximum atomic E-state index is 13.8. The van der Waals surface area contributed by atoms with Crippen LogP contribution in [-0.4, -0.2) is 49.8 Å². The van der Waals surface area contributed by atoms with Gasteiger partial charge in [0.15, 0.2) is 6.10 Å². The minimum atomic E-state index is -0.564. The van der Waals surface area contributed by atoms with Crippen molar-refractivity contribution in [2.75, 3.05) is 32.0 Å². The lowest BCUT2D eigenvalue weighted by molar-refractivity contribution is -0.928. The van der Waals surface area contributed by atoms with Crippen molar-refractivity contribution in [1.29, 1.82) is 0 Å². The molecule has 6 nitrogen and oxygen atoms in total. The van der Waals surface area contributed by atoms with Crippen LogP contribution < -0.4 is 10.4 Å². The largest absolute Gasteiger partial charge is 0.554 e. The number of rotatable bonds is 3. The van der Waals surface area contributed by atoms with E-state index in [1.54, 1.807) is 0 Å². The van der Waals surface area contributed by atoms with Gasteiger partial charge in [0.2, 0.25) is 0 Å². The van der Waals surface area contributed by atoms with Crippen LogP contribution in [0, 0.1) is 17.6 Å². The SMILES string of the molecule is C[N+]12CCC(CC1)C(OC(=O)Nc1ccc(F)cc1-c1ccc(F)c(Cl)c1)C2.O=C[O-]. The second kappa shape index (κ2) is 9.62. The van der Waals surface area contributed by atoms with E-state index in [-0.39, 0.29) is 11.1 Å². The van der Waals surface area contributed by atoms with Gasteiger partial charge in [0.1, 0.15) is 18.2 Å². The van der Waals surface area contributed by atoms with E-state index < -0.39 is 24.2 Å². The molecule has 2 bridgehead atoms. The van der Waals surface area contributed by atoms with Gasteiger partial charge in [-0.25, -0.2) is 13.6 Å². The highest BCUT2D eigenvalue weighted by Gasteiger charge is 2.45. The molecule has 1 amide bonds. The average molecular weight is 453 g/mol. The van der Waals surface area contributed by atoms with E-state index in [2.05, 4.69) is 12.4 Å². The molecular formula is C22H23ClF2N2O4. The predicted molar refractivity (Wildman–Crippen MR) is 110 cm³/mol. The number of carbonyl (C=O) groups excluding carboxylic acids is 2. The molecule has 9 heteroatoms. The number of carboxylic acid groups (broad SMARTS) is 1. The van der Waals surface area contributed by atoms with E-state index in [1.807, 2.05) is 0 Å². The molecule has 3 aliphatic heterocycles. The van der Waals surface area contributed by atoms with E-state index in [0.29, 0.717) is 22.7 Å². The summed E-state index contributed by atoms with van der Waals surface area (Å²) < 4.78 is 33.9. The summed E-state index contributed by atoms with van der Waals surface area (Å²) >= 11 is 5.86. The van der Waals surface area contributed by atoms with Crippen molar-refractivity contribution in [2.45, 2.75) is 18.9 Å². The summed E-state index contributed by atoms with van der Waals surface area (Å²) in [4.78, 5) is 20.8. The number of nitrogens with zero attached hydrogens (tertiary/aromatic N) is 1. The van der Waals surface area contributed by atoms with Gasteiger partial charge in [-0.05, 0) is 35.9 Å². The number of halogens is 3. The Labute approximate surface area is 184 Å². The zero-order chi connectivity index (χ0) is 22.6. The summed E-state index contributed by atoms with van der Waals surface area (Å²) in [5.41, 5.74) is 1.30. The minimum absolute atomic E-state index is 0.0699. The fourth-order valence-electron chi connectivity index (χ4n) is 4.29. The maximum absolute atomic E-state index is 13.8. The smallest absolute Gasteiger partial charge is 0.412 e. The van der Waals surface area contributed by atoms with Gasteiger partial charge in [0, 0.05) is 30.8 Å². The molecule has 166 valence electrons. The molecule has 3 heterocycles. The van der Waals surface area contributed by atoms with Gasteiger partial charge < -0.3 is 19.1 Å². The molecule has 0 radical (unpaired) electrons. The number of anilines is 1. The molecule has 3 aliphatic rings. The fourth-order valence-corrected chi connectivity index (χ4v) is 4.47. The number of quaternary nitrogens is 1.